The van der Waals surface area contributed by atoms with Gasteiger partial charge < -0.3 is 17.7 Å². The monoisotopic (exact) mass is 104 g/mol. The summed E-state index contributed by atoms with van der Waals surface area (Å²) >= 11 is 0. The van der Waals surface area contributed by atoms with E-state index in [2.05, 4.69) is 5.32 Å². The summed E-state index contributed by atoms with van der Waals surface area (Å²) in [4.78, 5) is 0. The first kappa shape index (κ1) is 16.6. The smallest absolute Gasteiger partial charge is 1.00 e. The zero-order chi connectivity index (χ0) is 2.71. The molecular weight excluding hydrogens is 97.8 g/mol. The first-order valence-electron chi connectivity index (χ1n) is 1.00. The Labute approximate surface area is 55.1 Å². The summed E-state index contributed by atoms with van der Waals surface area (Å²) in [5, 5.41) is 2.75. The van der Waals surface area contributed by atoms with Crippen LogP contribution in [0.25, 0.3) is 0 Å². The summed E-state index contributed by atoms with van der Waals surface area (Å²) in [5.74, 6) is 0. The molecule has 3 heteroatoms. The van der Waals surface area contributed by atoms with Crippen LogP contribution in [0, 0.1) is 0 Å². The molecule has 0 saturated heterocycles. The molecule has 0 spiro atoms. The number of rotatable bonds is 0. The van der Waals surface area contributed by atoms with Crippen molar-refractivity contribution >= 4 is 23.1 Å². The Hall–Kier alpha value is 1.02. The van der Waals surface area contributed by atoms with Crippen molar-refractivity contribution in [2.24, 2.45) is 0 Å². The molecule has 0 amide bonds. The molecule has 0 aromatic carbocycles. The average Bonchev–Trinajstić information content (AvgIpc) is 0.918. The second-order valence-corrected chi connectivity index (χ2v) is 0.500. The van der Waals surface area contributed by atoms with Crippen LogP contribution >= 0.6 is 0 Å². The van der Waals surface area contributed by atoms with Gasteiger partial charge in [-0.25, -0.2) is 0 Å². The molecule has 0 aliphatic rings. The molecule has 0 unspecified atom stereocenters. The second kappa shape index (κ2) is 19.9. The third kappa shape index (κ3) is 44.2. The van der Waals surface area contributed by atoms with E-state index in [1.54, 1.807) is 0 Å². The number of hydrogen-bond acceptors (Lipinski definition) is 1. The molecule has 0 fully saturated rings. The van der Waals surface area contributed by atoms with E-state index >= 15 is 0 Å². The van der Waals surface area contributed by atoms with Gasteiger partial charge in [-0.3, -0.25) is 0 Å². The van der Waals surface area contributed by atoms with Gasteiger partial charge in [0.25, 0.3) is 0 Å². The van der Waals surface area contributed by atoms with E-state index in [0.29, 0.717) is 0 Å². The Morgan fingerprint density at radius 2 is 1.20 bits per heavy atom. The predicted molar refractivity (Wildman–Crippen MR) is 20.7 cm³/mol. The van der Waals surface area contributed by atoms with Gasteiger partial charge in [-0.15, -0.1) is 0 Å². The third-order valence-electron chi connectivity index (χ3n) is 0. The first-order chi connectivity index (χ1) is 1.41. The van der Waals surface area contributed by atoms with E-state index in [1.165, 1.54) is 0 Å². The van der Waals surface area contributed by atoms with Gasteiger partial charge in [0.15, 0.2) is 0 Å². The Kier molecular flexibility index (Phi) is 66.2. The van der Waals surface area contributed by atoms with Crippen molar-refractivity contribution in [3.8, 4) is 0 Å². The molecule has 0 atom stereocenters. The Bertz CT molecular complexity index is 9.61. The van der Waals surface area contributed by atoms with E-state index in [4.69, 9.17) is 0 Å². The largest absolute Gasteiger partial charge is 2.00 e. The minimum absolute atomic E-state index is 0. The molecule has 0 rings (SSSR count). The van der Waals surface area contributed by atoms with Crippen LogP contribution in [0.1, 0.15) is 0 Å². The molecule has 28 valence electrons. The summed E-state index contributed by atoms with van der Waals surface area (Å²) in [6, 6.07) is 0. The van der Waals surface area contributed by atoms with Crippen LogP contribution in [0.2, 0.25) is 0 Å². The zero-order valence-electron chi connectivity index (χ0n) is 3.59. The van der Waals surface area contributed by atoms with Gasteiger partial charge in [-0.05, 0) is 14.1 Å². The summed E-state index contributed by atoms with van der Waals surface area (Å²) in [6.07, 6.45) is 0. The van der Waals surface area contributed by atoms with Crippen molar-refractivity contribution in [2.75, 3.05) is 14.1 Å². The summed E-state index contributed by atoms with van der Waals surface area (Å²) < 4.78 is 0. The molecule has 1 N–H and O–H groups in total. The molecule has 0 aromatic rings. The zero-order valence-corrected chi connectivity index (χ0v) is 5.76. The van der Waals surface area contributed by atoms with E-state index in [1.807, 2.05) is 14.1 Å². The standard InChI is InChI=1S/C2H7N.ClH.Mg/c1-3-2;;/h3H,1-2H3;1H;/q;;+2/p-1. The van der Waals surface area contributed by atoms with E-state index in [0.717, 1.165) is 0 Å². The second-order valence-electron chi connectivity index (χ2n) is 0.500. The van der Waals surface area contributed by atoms with Gasteiger partial charge in [0.05, 0.1) is 0 Å². The van der Waals surface area contributed by atoms with Crippen molar-refractivity contribution < 1.29 is 12.4 Å². The van der Waals surface area contributed by atoms with Crippen LogP contribution in [0.3, 0.4) is 0 Å². The fourth-order valence-electron chi connectivity index (χ4n) is 0. The fraction of sp³-hybridized carbons (Fsp3) is 1.00. The third-order valence-corrected chi connectivity index (χ3v) is 0. The van der Waals surface area contributed by atoms with E-state index in [9.17, 15) is 0 Å². The van der Waals surface area contributed by atoms with Gasteiger partial charge in [0.2, 0.25) is 0 Å². The maximum absolute atomic E-state index is 2.75. The SMILES string of the molecule is CNC.[Cl-].[Mg+2]. The number of hydrogen-bond donors (Lipinski definition) is 1. The molecular formula is C2H7ClMgN+. The van der Waals surface area contributed by atoms with E-state index < -0.39 is 0 Å². The maximum Gasteiger partial charge on any atom is 2.00 e. The maximum atomic E-state index is 2.75. The Balaban J connectivity index is -0.0000000200. The van der Waals surface area contributed by atoms with E-state index in [-0.39, 0.29) is 35.5 Å². The predicted octanol–water partition coefficient (Wildman–Crippen LogP) is -3.54. The first-order valence-corrected chi connectivity index (χ1v) is 1.00. The van der Waals surface area contributed by atoms with Gasteiger partial charge in [-0.1, -0.05) is 0 Å². The van der Waals surface area contributed by atoms with Crippen LogP contribution in [0.5, 0.6) is 0 Å². The van der Waals surface area contributed by atoms with Crippen molar-refractivity contribution in [1.82, 2.24) is 5.32 Å². The van der Waals surface area contributed by atoms with Crippen molar-refractivity contribution in [3.05, 3.63) is 0 Å². The molecule has 0 heterocycles. The summed E-state index contributed by atoms with van der Waals surface area (Å²) in [6.45, 7) is 0. The summed E-state index contributed by atoms with van der Waals surface area (Å²) in [7, 11) is 3.75. The average molecular weight is 105 g/mol. The molecule has 0 radical (unpaired) electrons. The van der Waals surface area contributed by atoms with Gasteiger partial charge in [0, 0.05) is 0 Å². The molecule has 0 aliphatic carbocycles. The van der Waals surface area contributed by atoms with Crippen LogP contribution in [0.4, 0.5) is 0 Å². The number of nitrogens with one attached hydrogen (secondary N) is 1. The molecule has 0 aliphatic heterocycles. The van der Waals surface area contributed by atoms with Gasteiger partial charge >= 0.3 is 23.1 Å². The Morgan fingerprint density at radius 1 is 1.20 bits per heavy atom. The quantitative estimate of drug-likeness (QED) is 0.314. The van der Waals surface area contributed by atoms with Crippen LogP contribution in [-0.4, -0.2) is 37.1 Å². The molecule has 0 bridgehead atoms. The normalized spacial score (nSPS) is 3.60. The van der Waals surface area contributed by atoms with Gasteiger partial charge in [-0.2, -0.15) is 0 Å². The molecule has 0 aromatic heterocycles. The molecule has 5 heavy (non-hydrogen) atoms. The minimum atomic E-state index is 0. The number of halogens is 1. The summed E-state index contributed by atoms with van der Waals surface area (Å²) in [5.41, 5.74) is 0. The van der Waals surface area contributed by atoms with Crippen LogP contribution in [0.15, 0.2) is 0 Å². The van der Waals surface area contributed by atoms with Crippen molar-refractivity contribution in [3.63, 3.8) is 0 Å². The topological polar surface area (TPSA) is 12.0 Å². The van der Waals surface area contributed by atoms with Crippen molar-refractivity contribution in [2.45, 2.75) is 0 Å². The fourth-order valence-corrected chi connectivity index (χ4v) is 0. The molecule has 0 saturated carbocycles. The van der Waals surface area contributed by atoms with Gasteiger partial charge in [0.1, 0.15) is 0 Å². The van der Waals surface area contributed by atoms with Crippen molar-refractivity contribution in [1.29, 1.82) is 0 Å². The van der Waals surface area contributed by atoms with Crippen LogP contribution < -0.4 is 17.7 Å². The minimum Gasteiger partial charge on any atom is -1.00 e. The van der Waals surface area contributed by atoms with Crippen LogP contribution in [-0.2, 0) is 0 Å². The molecule has 1 nitrogen and oxygen atoms in total. The Morgan fingerprint density at radius 3 is 1.20 bits per heavy atom.